The predicted molar refractivity (Wildman–Crippen MR) is 133 cm³/mol. The number of hydrogen-bond acceptors (Lipinski definition) is 7. The molecule has 0 radical (unpaired) electrons. The molecule has 1 saturated carbocycles. The maximum Gasteiger partial charge on any atom is 0.263 e. The smallest absolute Gasteiger partial charge is 0.263 e. The van der Waals surface area contributed by atoms with E-state index in [1.165, 1.54) is 19.3 Å². The van der Waals surface area contributed by atoms with Gasteiger partial charge in [0.25, 0.3) is 11.1 Å². The lowest BCUT2D eigenvalue weighted by atomic mass is 9.95. The Morgan fingerprint density at radius 2 is 1.30 bits per heavy atom. The normalized spacial score (nSPS) is 15.2. The van der Waals surface area contributed by atoms with Gasteiger partial charge < -0.3 is 16.8 Å². The van der Waals surface area contributed by atoms with Gasteiger partial charge in [0, 0.05) is 23.4 Å². The van der Waals surface area contributed by atoms with Gasteiger partial charge in [-0.05, 0) is 25.8 Å². The molecule has 170 valence electrons. The second kappa shape index (κ2) is 8.12. The Balaban J connectivity index is 1.62. The minimum atomic E-state index is -0.571. The minimum absolute atomic E-state index is 0.0722. The number of fused-ring (bicyclic) bond motifs is 3. The van der Waals surface area contributed by atoms with Crippen LogP contribution in [0.25, 0.3) is 32.3 Å². The Morgan fingerprint density at radius 3 is 1.82 bits per heavy atom. The first kappa shape index (κ1) is 21.3. The van der Waals surface area contributed by atoms with Crippen molar-refractivity contribution in [1.82, 2.24) is 9.88 Å². The predicted octanol–water partition coefficient (Wildman–Crippen LogP) is 1.74. The van der Waals surface area contributed by atoms with Crippen LogP contribution in [0.1, 0.15) is 38.5 Å². The van der Waals surface area contributed by atoms with Crippen molar-refractivity contribution in [3.05, 3.63) is 65.4 Å². The third-order valence-corrected chi connectivity index (χ3v) is 6.96. The summed E-state index contributed by atoms with van der Waals surface area (Å²) >= 11 is 0. The van der Waals surface area contributed by atoms with E-state index in [1.807, 2.05) is 0 Å². The van der Waals surface area contributed by atoms with Crippen molar-refractivity contribution in [1.29, 1.82) is 0 Å². The molecule has 0 amide bonds. The molecule has 5 N–H and O–H groups in total. The van der Waals surface area contributed by atoms with E-state index >= 15 is 0 Å². The van der Waals surface area contributed by atoms with E-state index in [4.69, 9.17) is 11.5 Å². The largest absolute Gasteiger partial charge is 0.397 e. The third kappa shape index (κ3) is 3.24. The van der Waals surface area contributed by atoms with Crippen LogP contribution in [0.5, 0.6) is 0 Å². The summed E-state index contributed by atoms with van der Waals surface area (Å²) in [6, 6.07) is 6.87. The topological polar surface area (TPSA) is 137 Å². The van der Waals surface area contributed by atoms with Crippen LogP contribution in [0.2, 0.25) is 0 Å². The summed E-state index contributed by atoms with van der Waals surface area (Å²) in [4.78, 5) is 52.6. The number of anilines is 2. The summed E-state index contributed by atoms with van der Waals surface area (Å²) in [6.07, 6.45) is 6.61. The fraction of sp³-hybridized carbons (Fsp3) is 0.360. The molecule has 1 heterocycles. The number of benzene rings is 3. The molecule has 1 aromatic heterocycles. The zero-order valence-electron chi connectivity index (χ0n) is 18.3. The zero-order valence-corrected chi connectivity index (χ0v) is 18.3. The molecule has 5 rings (SSSR count). The minimum Gasteiger partial charge on any atom is -0.397 e. The van der Waals surface area contributed by atoms with E-state index in [-0.39, 0.29) is 50.2 Å². The summed E-state index contributed by atoms with van der Waals surface area (Å²) in [5.74, 6) is 0. The fourth-order valence-corrected chi connectivity index (χ4v) is 5.27. The highest BCUT2D eigenvalue weighted by atomic mass is 16.2. The number of aromatic nitrogens is 1. The van der Waals surface area contributed by atoms with Crippen molar-refractivity contribution >= 4 is 43.7 Å². The standard InChI is InChI=1S/C25H26N4O4/c26-20-16-17(23(31)15-10-5-4-9-14(15)22(16)30)21(27)19-18(20)24(32)29(25(19)33)12-6-11-28-13-7-2-1-3-8-13/h4-5,9-10,13,28H,1-3,6-8,11-12,26-27H2. The highest BCUT2D eigenvalue weighted by Gasteiger charge is 2.25. The monoisotopic (exact) mass is 446 g/mol. The Labute approximate surface area is 188 Å². The van der Waals surface area contributed by atoms with Gasteiger partial charge in [-0.2, -0.15) is 0 Å². The SMILES string of the molecule is Nc1c2c(=O)c3ccccc3c(=O)c2c(N)c2c(=O)n(CCCNC3CCCCC3)c(=O)c12. The van der Waals surface area contributed by atoms with Gasteiger partial charge in [-0.15, -0.1) is 0 Å². The Kier molecular flexibility index (Phi) is 5.25. The van der Waals surface area contributed by atoms with Crippen LogP contribution < -0.4 is 38.8 Å². The van der Waals surface area contributed by atoms with Gasteiger partial charge in [0.05, 0.1) is 32.9 Å². The molecular formula is C25H26N4O4. The van der Waals surface area contributed by atoms with E-state index < -0.39 is 22.0 Å². The lowest BCUT2D eigenvalue weighted by Gasteiger charge is -2.22. The van der Waals surface area contributed by atoms with Crippen molar-refractivity contribution in [3.8, 4) is 0 Å². The van der Waals surface area contributed by atoms with Crippen LogP contribution >= 0.6 is 0 Å². The van der Waals surface area contributed by atoms with Crippen LogP contribution in [0.4, 0.5) is 11.4 Å². The molecule has 1 aliphatic carbocycles. The highest BCUT2D eigenvalue weighted by molar-refractivity contribution is 6.20. The number of nitrogens with zero attached hydrogens (tertiary/aromatic N) is 1. The van der Waals surface area contributed by atoms with Gasteiger partial charge in [0.2, 0.25) is 0 Å². The molecule has 0 bridgehead atoms. The van der Waals surface area contributed by atoms with Crippen molar-refractivity contribution in [3.63, 3.8) is 0 Å². The van der Waals surface area contributed by atoms with Crippen molar-refractivity contribution in [2.75, 3.05) is 18.0 Å². The molecule has 8 nitrogen and oxygen atoms in total. The highest BCUT2D eigenvalue weighted by Crippen LogP contribution is 2.31. The van der Waals surface area contributed by atoms with E-state index in [0.717, 1.165) is 17.4 Å². The number of nitrogen functional groups attached to an aromatic ring is 2. The Morgan fingerprint density at radius 1 is 0.788 bits per heavy atom. The maximum absolute atomic E-state index is 13.2. The molecular weight excluding hydrogens is 420 g/mol. The van der Waals surface area contributed by atoms with Crippen LogP contribution in [0.15, 0.2) is 43.4 Å². The third-order valence-electron chi connectivity index (χ3n) is 6.96. The number of hydrogen-bond donors (Lipinski definition) is 3. The van der Waals surface area contributed by atoms with Crippen LogP contribution in [-0.2, 0) is 6.54 Å². The summed E-state index contributed by atoms with van der Waals surface area (Å²) in [7, 11) is 0. The molecule has 0 aliphatic heterocycles. The quantitative estimate of drug-likeness (QED) is 0.184. The molecule has 8 heteroatoms. The molecule has 33 heavy (non-hydrogen) atoms. The molecule has 0 saturated heterocycles. The van der Waals surface area contributed by atoms with E-state index in [9.17, 15) is 19.2 Å². The molecule has 1 fully saturated rings. The number of nitrogens with one attached hydrogen (secondary N) is 1. The van der Waals surface area contributed by atoms with E-state index in [2.05, 4.69) is 5.32 Å². The number of rotatable bonds is 5. The zero-order chi connectivity index (χ0) is 23.3. The van der Waals surface area contributed by atoms with Crippen LogP contribution in [0.3, 0.4) is 0 Å². The molecule has 0 unspecified atom stereocenters. The molecule has 1 aliphatic rings. The van der Waals surface area contributed by atoms with Gasteiger partial charge in [-0.1, -0.05) is 43.5 Å². The summed E-state index contributed by atoms with van der Waals surface area (Å²) in [5.41, 5.74) is 10.1. The summed E-state index contributed by atoms with van der Waals surface area (Å²) in [6.45, 7) is 0.892. The lowest BCUT2D eigenvalue weighted by molar-refractivity contribution is 0.368. The van der Waals surface area contributed by atoms with E-state index in [1.54, 1.807) is 24.3 Å². The van der Waals surface area contributed by atoms with Crippen molar-refractivity contribution in [2.24, 2.45) is 0 Å². The summed E-state index contributed by atoms with van der Waals surface area (Å²) < 4.78 is 1.12. The van der Waals surface area contributed by atoms with Gasteiger partial charge in [0.15, 0.2) is 10.9 Å². The van der Waals surface area contributed by atoms with Gasteiger partial charge in [-0.25, -0.2) is 0 Å². The average molecular weight is 447 g/mol. The molecule has 0 atom stereocenters. The Bertz CT molecular complexity index is 1500. The second-order valence-corrected chi connectivity index (χ2v) is 8.94. The summed E-state index contributed by atoms with van der Waals surface area (Å²) in [5, 5.41) is 3.60. The Hall–Kier alpha value is -3.52. The maximum atomic E-state index is 13.2. The van der Waals surface area contributed by atoms with Crippen LogP contribution in [-0.4, -0.2) is 17.2 Å². The fourth-order valence-electron chi connectivity index (χ4n) is 5.27. The second-order valence-electron chi connectivity index (χ2n) is 8.94. The van der Waals surface area contributed by atoms with Gasteiger partial charge in [-0.3, -0.25) is 23.7 Å². The van der Waals surface area contributed by atoms with E-state index in [0.29, 0.717) is 19.0 Å². The molecule has 3 aromatic carbocycles. The lowest BCUT2D eigenvalue weighted by Crippen LogP contribution is -2.33. The van der Waals surface area contributed by atoms with Gasteiger partial charge >= 0.3 is 0 Å². The van der Waals surface area contributed by atoms with Gasteiger partial charge in [0.1, 0.15) is 0 Å². The molecule has 0 spiro atoms. The first-order valence-corrected chi connectivity index (χ1v) is 11.4. The number of nitrogens with two attached hydrogens (primary N) is 2. The first-order valence-electron chi connectivity index (χ1n) is 11.4. The average Bonchev–Trinajstić information content (AvgIpc) is 3.08. The van der Waals surface area contributed by atoms with Crippen LogP contribution in [0, 0.1) is 0 Å². The van der Waals surface area contributed by atoms with Crippen molar-refractivity contribution < 1.29 is 0 Å². The molecule has 4 aromatic rings. The van der Waals surface area contributed by atoms with Crippen molar-refractivity contribution in [2.45, 2.75) is 51.1 Å². The first-order chi connectivity index (χ1) is 15.9.